The van der Waals surface area contributed by atoms with Gasteiger partial charge in [-0.2, -0.15) is 4.31 Å². The van der Waals surface area contributed by atoms with Gasteiger partial charge in [0.2, 0.25) is 15.9 Å². The van der Waals surface area contributed by atoms with Crippen molar-refractivity contribution in [3.05, 3.63) is 53.2 Å². The monoisotopic (exact) mass is 465 g/mol. The number of nitrogens with one attached hydrogen (secondary N) is 1. The molecule has 0 radical (unpaired) electrons. The van der Waals surface area contributed by atoms with Crippen molar-refractivity contribution in [3.8, 4) is 5.88 Å². The summed E-state index contributed by atoms with van der Waals surface area (Å²) in [5.41, 5.74) is 0.447. The molecule has 1 aliphatic carbocycles. The summed E-state index contributed by atoms with van der Waals surface area (Å²) >= 11 is 5.84. The highest BCUT2D eigenvalue weighted by molar-refractivity contribution is 7.89. The highest BCUT2D eigenvalue weighted by atomic mass is 35.5. The van der Waals surface area contributed by atoms with Crippen molar-refractivity contribution in [2.75, 3.05) is 13.1 Å². The Bertz CT molecular complexity index is 969. The van der Waals surface area contributed by atoms with Crippen LogP contribution in [-0.2, 0) is 10.0 Å². The molecule has 3 rings (SSSR count). The molecule has 0 unspecified atom stereocenters. The molecule has 9 heteroatoms. The van der Waals surface area contributed by atoms with E-state index in [2.05, 4.69) is 10.3 Å². The van der Waals surface area contributed by atoms with Crippen LogP contribution in [0.25, 0.3) is 0 Å². The van der Waals surface area contributed by atoms with E-state index < -0.39 is 10.0 Å². The number of hydrogen-bond acceptors (Lipinski definition) is 5. The number of hydrogen-bond donors (Lipinski definition) is 1. The van der Waals surface area contributed by atoms with Crippen molar-refractivity contribution in [2.24, 2.45) is 0 Å². The fourth-order valence-corrected chi connectivity index (χ4v) is 5.26. The molecule has 1 fully saturated rings. The molecule has 0 aliphatic heterocycles. The van der Waals surface area contributed by atoms with Crippen LogP contribution in [0.4, 0.5) is 0 Å². The van der Waals surface area contributed by atoms with Crippen LogP contribution < -0.4 is 10.1 Å². The van der Waals surface area contributed by atoms with Crippen LogP contribution in [0.1, 0.15) is 49.9 Å². The second kappa shape index (κ2) is 10.4. The highest BCUT2D eigenvalue weighted by Gasteiger charge is 2.25. The van der Waals surface area contributed by atoms with E-state index in [0.29, 0.717) is 29.6 Å². The van der Waals surface area contributed by atoms with Gasteiger partial charge in [0.25, 0.3) is 5.91 Å². The van der Waals surface area contributed by atoms with Crippen LogP contribution >= 0.6 is 11.6 Å². The molecule has 0 bridgehead atoms. The second-order valence-corrected chi connectivity index (χ2v) is 9.87. The number of carbonyl (C=O) groups is 1. The van der Waals surface area contributed by atoms with Crippen molar-refractivity contribution in [1.29, 1.82) is 0 Å². The molecule has 0 saturated heterocycles. The third-order valence-corrected chi connectivity index (χ3v) is 7.74. The number of nitrogens with zero attached hydrogens (tertiary/aromatic N) is 2. The number of sulfonamides is 1. The molecule has 1 heterocycles. The molecule has 1 aromatic heterocycles. The van der Waals surface area contributed by atoms with Gasteiger partial charge in [-0.3, -0.25) is 4.79 Å². The van der Waals surface area contributed by atoms with E-state index in [0.717, 1.165) is 25.7 Å². The lowest BCUT2D eigenvalue weighted by Crippen LogP contribution is -2.39. The van der Waals surface area contributed by atoms with E-state index in [1.165, 1.54) is 16.4 Å². The van der Waals surface area contributed by atoms with E-state index in [1.54, 1.807) is 44.3 Å². The quantitative estimate of drug-likeness (QED) is 0.639. The number of carbonyl (C=O) groups excluding carboxylic acids is 1. The maximum Gasteiger partial charge on any atom is 0.251 e. The van der Waals surface area contributed by atoms with E-state index in [-0.39, 0.29) is 22.9 Å². The SMILES string of the molecule is CCN(CC)S(=O)(=O)c1ccc(C(=O)NC2CCC(Oc3ccc(Cl)cn3)CC2)cc1. The molecule has 7 nitrogen and oxygen atoms in total. The summed E-state index contributed by atoms with van der Waals surface area (Å²) in [6.07, 6.45) is 4.86. The zero-order valence-electron chi connectivity index (χ0n) is 17.8. The number of halogens is 1. The molecule has 1 N–H and O–H groups in total. The van der Waals surface area contributed by atoms with Gasteiger partial charge in [-0.1, -0.05) is 25.4 Å². The van der Waals surface area contributed by atoms with Crippen LogP contribution in [-0.4, -0.2) is 48.8 Å². The zero-order valence-corrected chi connectivity index (χ0v) is 19.3. The molecule has 1 aromatic carbocycles. The number of aromatic nitrogens is 1. The first kappa shape index (κ1) is 23.5. The molecular formula is C22H28ClN3O4S. The van der Waals surface area contributed by atoms with Crippen molar-refractivity contribution >= 4 is 27.5 Å². The first-order valence-electron chi connectivity index (χ1n) is 10.5. The maximum absolute atomic E-state index is 12.6. The number of amides is 1. The lowest BCUT2D eigenvalue weighted by molar-refractivity contribution is 0.0890. The average molecular weight is 466 g/mol. The summed E-state index contributed by atoms with van der Waals surface area (Å²) < 4.78 is 32.4. The van der Waals surface area contributed by atoms with E-state index in [1.807, 2.05) is 0 Å². The van der Waals surface area contributed by atoms with Gasteiger partial charge >= 0.3 is 0 Å². The van der Waals surface area contributed by atoms with Gasteiger partial charge in [0, 0.05) is 37.0 Å². The van der Waals surface area contributed by atoms with Gasteiger partial charge in [0.15, 0.2) is 0 Å². The van der Waals surface area contributed by atoms with Gasteiger partial charge < -0.3 is 10.1 Å². The average Bonchev–Trinajstić information content (AvgIpc) is 2.77. The minimum atomic E-state index is -3.53. The predicted molar refractivity (Wildman–Crippen MR) is 120 cm³/mol. The van der Waals surface area contributed by atoms with Gasteiger partial charge in [0.1, 0.15) is 6.10 Å². The van der Waals surface area contributed by atoms with Crippen molar-refractivity contribution < 1.29 is 17.9 Å². The molecule has 1 aliphatic rings. The van der Waals surface area contributed by atoms with Gasteiger partial charge in [0.05, 0.1) is 9.92 Å². The predicted octanol–water partition coefficient (Wildman–Crippen LogP) is 3.89. The Morgan fingerprint density at radius 3 is 2.29 bits per heavy atom. The molecule has 0 spiro atoms. The standard InChI is InChI=1S/C22H28ClN3O4S/c1-3-26(4-2)31(28,29)20-12-5-16(6-13-20)22(27)25-18-8-10-19(11-9-18)30-21-14-7-17(23)15-24-21/h5-7,12-15,18-19H,3-4,8-11H2,1-2H3,(H,25,27). The largest absolute Gasteiger partial charge is 0.474 e. The maximum atomic E-state index is 12.6. The number of ether oxygens (including phenoxy) is 1. The van der Waals surface area contributed by atoms with Crippen LogP contribution in [0.3, 0.4) is 0 Å². The Balaban J connectivity index is 1.52. The molecule has 1 saturated carbocycles. The van der Waals surface area contributed by atoms with E-state index in [9.17, 15) is 13.2 Å². The van der Waals surface area contributed by atoms with Crippen LogP contribution in [0, 0.1) is 0 Å². The van der Waals surface area contributed by atoms with Crippen molar-refractivity contribution in [2.45, 2.75) is 56.6 Å². The number of benzene rings is 1. The first-order chi connectivity index (χ1) is 14.8. The third-order valence-electron chi connectivity index (χ3n) is 5.46. The topological polar surface area (TPSA) is 88.6 Å². The van der Waals surface area contributed by atoms with Gasteiger partial charge in [-0.15, -0.1) is 0 Å². The number of pyridine rings is 1. The molecule has 2 aromatic rings. The molecule has 168 valence electrons. The van der Waals surface area contributed by atoms with E-state index in [4.69, 9.17) is 16.3 Å². The molecule has 0 atom stereocenters. The molecular weight excluding hydrogens is 438 g/mol. The normalized spacial score (nSPS) is 19.2. The fraction of sp³-hybridized carbons (Fsp3) is 0.455. The Hall–Kier alpha value is -2.16. The zero-order chi connectivity index (χ0) is 22.4. The van der Waals surface area contributed by atoms with Gasteiger partial charge in [-0.25, -0.2) is 13.4 Å². The van der Waals surface area contributed by atoms with E-state index >= 15 is 0 Å². The highest BCUT2D eigenvalue weighted by Crippen LogP contribution is 2.24. The smallest absolute Gasteiger partial charge is 0.251 e. The Labute approximate surface area is 188 Å². The fourth-order valence-electron chi connectivity index (χ4n) is 3.69. The summed E-state index contributed by atoms with van der Waals surface area (Å²) in [6.45, 7) is 4.41. The van der Waals surface area contributed by atoms with Crippen LogP contribution in [0.2, 0.25) is 5.02 Å². The second-order valence-electron chi connectivity index (χ2n) is 7.49. The Morgan fingerprint density at radius 2 is 1.74 bits per heavy atom. The number of rotatable bonds is 8. The Kier molecular flexibility index (Phi) is 7.91. The van der Waals surface area contributed by atoms with Crippen LogP contribution in [0.15, 0.2) is 47.5 Å². The van der Waals surface area contributed by atoms with Crippen LogP contribution in [0.5, 0.6) is 5.88 Å². The Morgan fingerprint density at radius 1 is 1.10 bits per heavy atom. The lowest BCUT2D eigenvalue weighted by atomic mass is 9.92. The summed E-state index contributed by atoms with van der Waals surface area (Å²) in [5, 5.41) is 3.61. The first-order valence-corrected chi connectivity index (χ1v) is 12.3. The summed E-state index contributed by atoms with van der Waals surface area (Å²) in [7, 11) is -3.53. The summed E-state index contributed by atoms with van der Waals surface area (Å²) in [6, 6.07) is 9.66. The van der Waals surface area contributed by atoms with Crippen molar-refractivity contribution in [1.82, 2.24) is 14.6 Å². The minimum absolute atomic E-state index is 0.0598. The summed E-state index contributed by atoms with van der Waals surface area (Å²) in [5.74, 6) is 0.354. The van der Waals surface area contributed by atoms with Crippen molar-refractivity contribution in [3.63, 3.8) is 0 Å². The molecule has 31 heavy (non-hydrogen) atoms. The third kappa shape index (κ3) is 5.96. The molecule has 1 amide bonds. The minimum Gasteiger partial charge on any atom is -0.474 e. The lowest BCUT2D eigenvalue weighted by Gasteiger charge is -2.29. The van der Waals surface area contributed by atoms with Gasteiger partial charge in [-0.05, 0) is 56.0 Å². The summed E-state index contributed by atoms with van der Waals surface area (Å²) in [4.78, 5) is 17.0.